The quantitative estimate of drug-likeness (QED) is 0.300. The van der Waals surface area contributed by atoms with Crippen molar-refractivity contribution in [2.45, 2.75) is 50.6 Å². The standard InChI is InChI=1S/C24H32N4O.HI/c1-18(19-6-3-2-4-7-19)28-24(12-14-29-15-13-24)17-26-23(25)27-22-11-10-20-8-5-9-21(20)16-22;/h2-4,6-7,10-11,16,18,28H,5,8-9,12-15,17H2,1H3,(H3,25,26,27);1H. The predicted octanol–water partition coefficient (Wildman–Crippen LogP) is 4.42. The van der Waals surface area contributed by atoms with Gasteiger partial charge in [0.25, 0.3) is 0 Å². The van der Waals surface area contributed by atoms with Gasteiger partial charge in [-0.3, -0.25) is 4.99 Å². The molecule has 1 aliphatic carbocycles. The molecule has 0 saturated carbocycles. The number of benzene rings is 2. The molecule has 1 atom stereocenters. The number of anilines is 1. The van der Waals surface area contributed by atoms with Crippen LogP contribution in [0.4, 0.5) is 5.69 Å². The van der Waals surface area contributed by atoms with E-state index in [4.69, 9.17) is 15.5 Å². The van der Waals surface area contributed by atoms with Crippen LogP contribution in [0.15, 0.2) is 53.5 Å². The van der Waals surface area contributed by atoms with Gasteiger partial charge in [0.05, 0.1) is 6.54 Å². The number of halogens is 1. The molecule has 1 saturated heterocycles. The van der Waals surface area contributed by atoms with E-state index in [2.05, 4.69) is 66.1 Å². The fourth-order valence-corrected chi connectivity index (χ4v) is 4.47. The first-order valence-electron chi connectivity index (χ1n) is 10.7. The molecule has 30 heavy (non-hydrogen) atoms. The van der Waals surface area contributed by atoms with E-state index in [-0.39, 0.29) is 35.6 Å². The molecular weight excluding hydrogens is 487 g/mol. The molecule has 0 amide bonds. The van der Waals surface area contributed by atoms with Gasteiger partial charge in [0.1, 0.15) is 0 Å². The van der Waals surface area contributed by atoms with Crippen molar-refractivity contribution in [1.29, 1.82) is 0 Å². The smallest absolute Gasteiger partial charge is 0.193 e. The Labute approximate surface area is 196 Å². The van der Waals surface area contributed by atoms with Crippen molar-refractivity contribution < 1.29 is 4.74 Å². The molecule has 1 unspecified atom stereocenters. The van der Waals surface area contributed by atoms with Crippen LogP contribution < -0.4 is 16.4 Å². The van der Waals surface area contributed by atoms with Gasteiger partial charge in [-0.05, 0) is 67.9 Å². The van der Waals surface area contributed by atoms with Gasteiger partial charge in [-0.2, -0.15) is 0 Å². The maximum absolute atomic E-state index is 6.25. The van der Waals surface area contributed by atoms with Crippen LogP contribution in [0.5, 0.6) is 0 Å². The van der Waals surface area contributed by atoms with E-state index in [9.17, 15) is 0 Å². The normalized spacial score (nSPS) is 18.9. The first-order valence-corrected chi connectivity index (χ1v) is 10.7. The van der Waals surface area contributed by atoms with E-state index in [1.807, 2.05) is 0 Å². The average molecular weight is 520 g/mol. The number of aryl methyl sites for hydroxylation is 2. The van der Waals surface area contributed by atoms with Gasteiger partial charge in [-0.25, -0.2) is 0 Å². The minimum absolute atomic E-state index is 0. The number of nitrogens with zero attached hydrogens (tertiary/aromatic N) is 1. The molecule has 2 aromatic rings. The lowest BCUT2D eigenvalue weighted by molar-refractivity contribution is 0.0375. The summed E-state index contributed by atoms with van der Waals surface area (Å²) in [5, 5.41) is 7.11. The number of guanidine groups is 1. The second-order valence-electron chi connectivity index (χ2n) is 8.33. The Kier molecular flexibility index (Phi) is 8.13. The first kappa shape index (κ1) is 23.0. The average Bonchev–Trinajstić information content (AvgIpc) is 3.22. The third-order valence-corrected chi connectivity index (χ3v) is 6.20. The van der Waals surface area contributed by atoms with Gasteiger partial charge >= 0.3 is 0 Å². The number of rotatable bonds is 6. The molecular formula is C24H33IN4O. The van der Waals surface area contributed by atoms with Gasteiger partial charge in [0.15, 0.2) is 5.96 Å². The highest BCUT2D eigenvalue weighted by Crippen LogP contribution is 2.27. The second-order valence-corrected chi connectivity index (χ2v) is 8.33. The van der Waals surface area contributed by atoms with Crippen LogP contribution in [-0.2, 0) is 17.6 Å². The molecule has 1 aliphatic heterocycles. The number of hydrogen-bond acceptors (Lipinski definition) is 3. The molecule has 4 N–H and O–H groups in total. The van der Waals surface area contributed by atoms with Crippen LogP contribution in [0.2, 0.25) is 0 Å². The number of ether oxygens (including phenoxy) is 1. The van der Waals surface area contributed by atoms with Crippen LogP contribution in [-0.4, -0.2) is 31.3 Å². The van der Waals surface area contributed by atoms with E-state index < -0.39 is 0 Å². The minimum Gasteiger partial charge on any atom is -0.381 e. The maximum Gasteiger partial charge on any atom is 0.193 e. The fraction of sp³-hybridized carbons (Fsp3) is 0.458. The van der Waals surface area contributed by atoms with Crippen molar-refractivity contribution in [3.63, 3.8) is 0 Å². The van der Waals surface area contributed by atoms with Crippen molar-refractivity contribution in [3.8, 4) is 0 Å². The summed E-state index contributed by atoms with van der Waals surface area (Å²) in [5.41, 5.74) is 11.4. The summed E-state index contributed by atoms with van der Waals surface area (Å²) in [4.78, 5) is 4.72. The molecule has 2 aromatic carbocycles. The number of nitrogens with two attached hydrogens (primary N) is 1. The Morgan fingerprint density at radius 3 is 2.60 bits per heavy atom. The van der Waals surface area contributed by atoms with Gasteiger partial charge in [0, 0.05) is 30.5 Å². The SMILES string of the molecule is CC(NC1(CN=C(N)Nc2ccc3c(c2)CCC3)CCOCC1)c1ccccc1.I. The number of fused-ring (bicyclic) bond motifs is 1. The summed E-state index contributed by atoms with van der Waals surface area (Å²) < 4.78 is 5.62. The van der Waals surface area contributed by atoms with Gasteiger partial charge in [-0.1, -0.05) is 36.4 Å². The molecule has 1 fully saturated rings. The molecule has 1 heterocycles. The zero-order valence-electron chi connectivity index (χ0n) is 17.7. The molecule has 6 heteroatoms. The van der Waals surface area contributed by atoms with E-state index >= 15 is 0 Å². The number of hydrogen-bond donors (Lipinski definition) is 3. The topological polar surface area (TPSA) is 71.7 Å². The Morgan fingerprint density at radius 2 is 1.83 bits per heavy atom. The van der Waals surface area contributed by atoms with Crippen LogP contribution in [0.1, 0.15) is 48.9 Å². The lowest BCUT2D eigenvalue weighted by Crippen LogP contribution is -2.53. The number of nitrogens with one attached hydrogen (secondary N) is 2. The zero-order chi connectivity index (χ0) is 20.1. The van der Waals surface area contributed by atoms with Crippen molar-refractivity contribution in [3.05, 3.63) is 65.2 Å². The molecule has 2 aliphatic rings. The molecule has 4 rings (SSSR count). The van der Waals surface area contributed by atoms with Crippen LogP contribution in [0.3, 0.4) is 0 Å². The molecule has 0 radical (unpaired) electrons. The summed E-state index contributed by atoms with van der Waals surface area (Å²) in [6, 6.07) is 17.3. The Hall–Kier alpha value is -1.64. The van der Waals surface area contributed by atoms with E-state index in [0.29, 0.717) is 12.5 Å². The lowest BCUT2D eigenvalue weighted by Gasteiger charge is -2.39. The predicted molar refractivity (Wildman–Crippen MR) is 135 cm³/mol. The molecule has 162 valence electrons. The van der Waals surface area contributed by atoms with Crippen molar-refractivity contribution in [1.82, 2.24) is 5.32 Å². The van der Waals surface area contributed by atoms with Crippen LogP contribution >= 0.6 is 24.0 Å². The zero-order valence-corrected chi connectivity index (χ0v) is 20.0. The molecule has 0 spiro atoms. The van der Waals surface area contributed by atoms with Crippen molar-refractivity contribution in [2.24, 2.45) is 10.7 Å². The van der Waals surface area contributed by atoms with Crippen molar-refractivity contribution >= 4 is 35.6 Å². The van der Waals surface area contributed by atoms with Gasteiger partial charge < -0.3 is 21.1 Å². The number of aliphatic imine (C=N–C) groups is 1. The van der Waals surface area contributed by atoms with E-state index in [0.717, 1.165) is 38.2 Å². The second kappa shape index (κ2) is 10.6. The van der Waals surface area contributed by atoms with E-state index in [1.54, 1.807) is 0 Å². The summed E-state index contributed by atoms with van der Waals surface area (Å²) in [6.45, 7) is 4.35. The largest absolute Gasteiger partial charge is 0.381 e. The third kappa shape index (κ3) is 5.74. The summed E-state index contributed by atoms with van der Waals surface area (Å²) in [5.74, 6) is 0.475. The summed E-state index contributed by atoms with van der Waals surface area (Å²) in [6.07, 6.45) is 5.46. The highest BCUT2D eigenvalue weighted by atomic mass is 127. The molecule has 0 aromatic heterocycles. The lowest BCUT2D eigenvalue weighted by atomic mass is 9.88. The summed E-state index contributed by atoms with van der Waals surface area (Å²) in [7, 11) is 0. The van der Waals surface area contributed by atoms with Gasteiger partial charge in [0.2, 0.25) is 0 Å². The maximum atomic E-state index is 6.25. The van der Waals surface area contributed by atoms with Gasteiger partial charge in [-0.15, -0.1) is 24.0 Å². The highest BCUT2D eigenvalue weighted by Gasteiger charge is 2.33. The molecule has 0 bridgehead atoms. The van der Waals surface area contributed by atoms with E-state index in [1.165, 1.54) is 29.5 Å². The fourth-order valence-electron chi connectivity index (χ4n) is 4.47. The van der Waals surface area contributed by atoms with Crippen molar-refractivity contribution in [2.75, 3.05) is 25.1 Å². The highest BCUT2D eigenvalue weighted by molar-refractivity contribution is 14.0. The Balaban J connectivity index is 0.00000256. The summed E-state index contributed by atoms with van der Waals surface area (Å²) >= 11 is 0. The van der Waals surface area contributed by atoms with Crippen LogP contribution in [0.25, 0.3) is 0 Å². The minimum atomic E-state index is -0.0995. The third-order valence-electron chi connectivity index (χ3n) is 6.20. The first-order chi connectivity index (χ1) is 14.1. The van der Waals surface area contributed by atoms with Crippen LogP contribution in [0, 0.1) is 0 Å². The molecule has 5 nitrogen and oxygen atoms in total. The Bertz CT molecular complexity index is 850. The monoisotopic (exact) mass is 520 g/mol. The Morgan fingerprint density at radius 1 is 1.10 bits per heavy atom.